The Labute approximate surface area is 190 Å². The molecule has 11 nitrogen and oxygen atoms in total. The summed E-state index contributed by atoms with van der Waals surface area (Å²) < 4.78 is 17.1. The number of rotatable bonds is 9. The molecular formula is C20H27N7O4S. The van der Waals surface area contributed by atoms with E-state index in [-0.39, 0.29) is 17.6 Å². The van der Waals surface area contributed by atoms with E-state index in [0.29, 0.717) is 73.1 Å². The van der Waals surface area contributed by atoms with Crippen LogP contribution >= 0.6 is 11.8 Å². The van der Waals surface area contributed by atoms with Crippen molar-refractivity contribution >= 4 is 35.3 Å². The molecule has 2 aromatic heterocycles. The SMILES string of the molecule is CCOc1nc(N2CCOCC2)nc(OCC)c1Sc1nc(N)cc(NC(=O)C2CC2)n1. The van der Waals surface area contributed by atoms with Crippen molar-refractivity contribution in [3.05, 3.63) is 6.07 Å². The number of hydrogen-bond donors (Lipinski definition) is 2. The highest BCUT2D eigenvalue weighted by Crippen LogP contribution is 2.40. The summed E-state index contributed by atoms with van der Waals surface area (Å²) in [6, 6.07) is 1.54. The molecule has 1 saturated carbocycles. The number of carbonyl (C=O) groups is 1. The molecule has 172 valence electrons. The number of nitrogens with one attached hydrogen (secondary N) is 1. The average Bonchev–Trinajstić information content (AvgIpc) is 3.62. The normalized spacial score (nSPS) is 16.0. The van der Waals surface area contributed by atoms with E-state index in [2.05, 4.69) is 25.3 Å². The molecule has 2 aliphatic rings. The second kappa shape index (κ2) is 10.2. The Hall–Kier alpha value is -2.86. The van der Waals surface area contributed by atoms with Gasteiger partial charge in [0, 0.05) is 25.1 Å². The first-order chi connectivity index (χ1) is 15.6. The van der Waals surface area contributed by atoms with E-state index < -0.39 is 0 Å². The highest BCUT2D eigenvalue weighted by atomic mass is 32.2. The second-order valence-corrected chi connectivity index (χ2v) is 8.23. The first-order valence-corrected chi connectivity index (χ1v) is 11.5. The van der Waals surface area contributed by atoms with E-state index in [4.69, 9.17) is 19.9 Å². The van der Waals surface area contributed by atoms with Crippen LogP contribution in [0, 0.1) is 5.92 Å². The van der Waals surface area contributed by atoms with Crippen molar-refractivity contribution in [2.24, 2.45) is 5.92 Å². The molecule has 3 N–H and O–H groups in total. The van der Waals surface area contributed by atoms with E-state index in [1.165, 1.54) is 17.8 Å². The van der Waals surface area contributed by atoms with Crippen molar-refractivity contribution in [2.45, 2.75) is 36.7 Å². The van der Waals surface area contributed by atoms with E-state index in [0.717, 1.165) is 12.8 Å². The Kier molecular flexibility index (Phi) is 7.10. The average molecular weight is 462 g/mol. The van der Waals surface area contributed by atoms with Crippen molar-refractivity contribution < 1.29 is 19.0 Å². The topological polar surface area (TPSA) is 138 Å². The first kappa shape index (κ1) is 22.3. The summed E-state index contributed by atoms with van der Waals surface area (Å²) in [6.45, 7) is 7.19. The summed E-state index contributed by atoms with van der Waals surface area (Å²) in [5, 5.41) is 3.14. The van der Waals surface area contributed by atoms with Gasteiger partial charge in [-0.3, -0.25) is 4.79 Å². The predicted molar refractivity (Wildman–Crippen MR) is 119 cm³/mol. The fourth-order valence-corrected chi connectivity index (χ4v) is 3.94. The van der Waals surface area contributed by atoms with Gasteiger partial charge in [-0.2, -0.15) is 9.97 Å². The maximum atomic E-state index is 12.1. The number of hydrogen-bond acceptors (Lipinski definition) is 11. The van der Waals surface area contributed by atoms with E-state index in [1.54, 1.807) is 0 Å². The lowest BCUT2D eigenvalue weighted by Gasteiger charge is -2.27. The third-order valence-corrected chi connectivity index (χ3v) is 5.68. The Morgan fingerprint density at radius 2 is 1.81 bits per heavy atom. The molecule has 0 atom stereocenters. The van der Waals surface area contributed by atoms with Crippen LogP contribution in [0.3, 0.4) is 0 Å². The molecule has 2 aromatic rings. The zero-order valence-electron chi connectivity index (χ0n) is 18.2. The summed E-state index contributed by atoms with van der Waals surface area (Å²) in [5.41, 5.74) is 5.97. The van der Waals surface area contributed by atoms with Crippen LogP contribution in [0.2, 0.25) is 0 Å². The molecule has 0 radical (unpaired) electrons. The van der Waals surface area contributed by atoms with Gasteiger partial charge in [0.1, 0.15) is 16.5 Å². The molecule has 12 heteroatoms. The van der Waals surface area contributed by atoms with Crippen LogP contribution in [0.1, 0.15) is 26.7 Å². The van der Waals surface area contributed by atoms with E-state index >= 15 is 0 Å². The van der Waals surface area contributed by atoms with Gasteiger partial charge in [-0.15, -0.1) is 0 Å². The van der Waals surface area contributed by atoms with Crippen LogP contribution in [0.25, 0.3) is 0 Å². The van der Waals surface area contributed by atoms with Gasteiger partial charge in [-0.1, -0.05) is 0 Å². The van der Waals surface area contributed by atoms with Crippen LogP contribution in [0.4, 0.5) is 17.6 Å². The number of nitrogens with zero attached hydrogens (tertiary/aromatic N) is 5. The van der Waals surface area contributed by atoms with Gasteiger partial charge in [0.05, 0.1) is 26.4 Å². The van der Waals surface area contributed by atoms with Crippen molar-refractivity contribution in [1.82, 2.24) is 19.9 Å². The first-order valence-electron chi connectivity index (χ1n) is 10.7. The van der Waals surface area contributed by atoms with Crippen molar-refractivity contribution in [3.63, 3.8) is 0 Å². The largest absolute Gasteiger partial charge is 0.477 e. The lowest BCUT2D eigenvalue weighted by Crippen LogP contribution is -2.37. The van der Waals surface area contributed by atoms with Crippen molar-refractivity contribution in [1.29, 1.82) is 0 Å². The van der Waals surface area contributed by atoms with Gasteiger partial charge in [-0.25, -0.2) is 9.97 Å². The number of ether oxygens (including phenoxy) is 3. The minimum Gasteiger partial charge on any atom is -0.477 e. The smallest absolute Gasteiger partial charge is 0.236 e. The maximum Gasteiger partial charge on any atom is 0.236 e. The summed E-state index contributed by atoms with van der Waals surface area (Å²) >= 11 is 1.18. The van der Waals surface area contributed by atoms with Crippen LogP contribution in [-0.4, -0.2) is 65.4 Å². The van der Waals surface area contributed by atoms with Gasteiger partial charge in [0.25, 0.3) is 0 Å². The number of amides is 1. The fraction of sp³-hybridized carbons (Fsp3) is 0.550. The quantitative estimate of drug-likeness (QED) is 0.530. The molecule has 32 heavy (non-hydrogen) atoms. The van der Waals surface area contributed by atoms with Gasteiger partial charge in [-0.05, 0) is 38.5 Å². The summed E-state index contributed by atoms with van der Waals surface area (Å²) in [5.74, 6) is 1.89. The number of carbonyl (C=O) groups excluding carboxylic acids is 1. The van der Waals surface area contributed by atoms with Crippen molar-refractivity contribution in [3.8, 4) is 11.8 Å². The molecule has 2 fully saturated rings. The Morgan fingerprint density at radius 3 is 2.41 bits per heavy atom. The molecule has 1 aliphatic heterocycles. The number of morpholine rings is 1. The monoisotopic (exact) mass is 461 g/mol. The standard InChI is InChI=1S/C20H27N7O4S/c1-3-30-17-15(18(31-4-2)26-19(25-17)27-7-9-29-10-8-27)32-20-22-13(21)11-14(24-20)23-16(28)12-5-6-12/h11-12H,3-10H2,1-2H3,(H3,21,22,23,24,28). The number of nitrogen functional groups attached to an aromatic ring is 1. The van der Waals surface area contributed by atoms with E-state index in [9.17, 15) is 4.79 Å². The molecule has 4 rings (SSSR count). The Bertz CT molecular complexity index is 940. The molecule has 1 aliphatic carbocycles. The minimum absolute atomic E-state index is 0.0533. The van der Waals surface area contributed by atoms with Gasteiger partial charge < -0.3 is 30.2 Å². The molecule has 0 unspecified atom stereocenters. The zero-order valence-corrected chi connectivity index (χ0v) is 19.0. The molecular weight excluding hydrogens is 434 g/mol. The third-order valence-electron chi connectivity index (χ3n) is 4.77. The third kappa shape index (κ3) is 5.49. The second-order valence-electron chi connectivity index (χ2n) is 7.25. The fourth-order valence-electron chi connectivity index (χ4n) is 3.08. The van der Waals surface area contributed by atoms with Gasteiger partial charge in [0.2, 0.25) is 23.6 Å². The highest BCUT2D eigenvalue weighted by Gasteiger charge is 2.30. The number of anilines is 3. The minimum atomic E-state index is -0.0535. The summed E-state index contributed by atoms with van der Waals surface area (Å²) in [4.78, 5) is 32.7. The molecule has 1 amide bonds. The zero-order chi connectivity index (χ0) is 22.5. The van der Waals surface area contributed by atoms with E-state index in [1.807, 2.05) is 18.7 Å². The highest BCUT2D eigenvalue weighted by molar-refractivity contribution is 7.99. The molecule has 0 spiro atoms. The molecule has 1 saturated heterocycles. The Morgan fingerprint density at radius 1 is 1.16 bits per heavy atom. The summed E-state index contributed by atoms with van der Waals surface area (Å²) in [6.07, 6.45) is 1.80. The van der Waals surface area contributed by atoms with Gasteiger partial charge >= 0.3 is 0 Å². The number of nitrogens with two attached hydrogens (primary N) is 1. The van der Waals surface area contributed by atoms with Crippen LogP contribution in [0.15, 0.2) is 16.1 Å². The molecule has 0 bridgehead atoms. The van der Waals surface area contributed by atoms with Crippen LogP contribution in [-0.2, 0) is 9.53 Å². The van der Waals surface area contributed by atoms with Crippen LogP contribution in [0.5, 0.6) is 11.8 Å². The maximum absolute atomic E-state index is 12.1. The predicted octanol–water partition coefficient (Wildman–Crippen LogP) is 1.98. The lowest BCUT2D eigenvalue weighted by atomic mass is 10.4. The Balaban J connectivity index is 1.65. The lowest BCUT2D eigenvalue weighted by molar-refractivity contribution is -0.117. The van der Waals surface area contributed by atoms with Gasteiger partial charge in [0.15, 0.2) is 5.16 Å². The number of aromatic nitrogens is 4. The van der Waals surface area contributed by atoms with Crippen LogP contribution < -0.4 is 25.4 Å². The van der Waals surface area contributed by atoms with Crippen molar-refractivity contribution in [2.75, 3.05) is 55.5 Å². The summed E-state index contributed by atoms with van der Waals surface area (Å²) in [7, 11) is 0. The molecule has 0 aromatic carbocycles. The molecule has 3 heterocycles.